The van der Waals surface area contributed by atoms with Crippen LogP contribution in [0.3, 0.4) is 0 Å². The van der Waals surface area contributed by atoms with Crippen LogP contribution in [-0.4, -0.2) is 91.5 Å². The van der Waals surface area contributed by atoms with Crippen molar-refractivity contribution < 1.29 is 23.1 Å². The predicted molar refractivity (Wildman–Crippen MR) is 151 cm³/mol. The number of nitrogens with zero attached hydrogens (tertiary/aromatic N) is 2. The molecule has 210 valence electrons. The number of aliphatic hydroxyl groups is 1. The van der Waals surface area contributed by atoms with E-state index in [0.29, 0.717) is 38.0 Å². The Morgan fingerprint density at radius 2 is 1.89 bits per heavy atom. The molecule has 4 rings (SSSR count). The van der Waals surface area contributed by atoms with Crippen LogP contribution in [0.15, 0.2) is 18.3 Å². The van der Waals surface area contributed by atoms with Crippen LogP contribution in [-0.2, 0) is 21.1 Å². The Morgan fingerprint density at radius 3 is 2.55 bits per heavy atom. The maximum Gasteiger partial charge on any atom is 0.243 e. The van der Waals surface area contributed by atoms with E-state index in [4.69, 9.17) is 0 Å². The standard InChI is InChI=1S/C28H42N4O5S/c1-4-5-6-10-32-23-8-7-22(24(34)9-11-31-12-14-38(36,37)15-13-31)26-25(23)20(17-29-26)16-21(18-33)30-28(35)27(32)19(2)3/h7-8,17,19,21,27,29,33H,4-6,9-16,18H2,1-3H3,(H,30,35)/t21-,27-/m0/s1. The van der Waals surface area contributed by atoms with Crippen LogP contribution < -0.4 is 10.2 Å². The Hall–Kier alpha value is -2.43. The van der Waals surface area contributed by atoms with Crippen LogP contribution in [0.5, 0.6) is 0 Å². The first-order valence-corrected chi connectivity index (χ1v) is 15.7. The van der Waals surface area contributed by atoms with Gasteiger partial charge in [-0.1, -0.05) is 33.6 Å². The monoisotopic (exact) mass is 546 g/mol. The highest BCUT2D eigenvalue weighted by atomic mass is 32.2. The van der Waals surface area contributed by atoms with Gasteiger partial charge in [0.05, 0.1) is 29.7 Å². The van der Waals surface area contributed by atoms with Crippen molar-refractivity contribution in [3.63, 3.8) is 0 Å². The number of aromatic amines is 1. The number of carbonyl (C=O) groups excluding carboxylic acids is 2. The van der Waals surface area contributed by atoms with Crippen LogP contribution in [0.25, 0.3) is 10.9 Å². The molecule has 1 aromatic heterocycles. The van der Waals surface area contributed by atoms with E-state index in [9.17, 15) is 23.1 Å². The topological polar surface area (TPSA) is 123 Å². The zero-order chi connectivity index (χ0) is 27.4. The van der Waals surface area contributed by atoms with Gasteiger partial charge in [-0.3, -0.25) is 9.59 Å². The molecule has 1 amide bonds. The lowest BCUT2D eigenvalue weighted by molar-refractivity contribution is -0.124. The zero-order valence-electron chi connectivity index (χ0n) is 22.8. The largest absolute Gasteiger partial charge is 0.394 e. The fourth-order valence-corrected chi connectivity index (χ4v) is 7.03. The number of hydrogen-bond donors (Lipinski definition) is 3. The van der Waals surface area contributed by atoms with Gasteiger partial charge < -0.3 is 25.2 Å². The normalized spacial score (nSPS) is 22.2. The van der Waals surface area contributed by atoms with Gasteiger partial charge in [0.25, 0.3) is 0 Å². The Labute approximate surface area is 225 Å². The number of nitrogens with one attached hydrogen (secondary N) is 2. The van der Waals surface area contributed by atoms with E-state index < -0.39 is 21.9 Å². The number of hydrogen-bond acceptors (Lipinski definition) is 7. The van der Waals surface area contributed by atoms with Crippen LogP contribution in [0.2, 0.25) is 0 Å². The van der Waals surface area contributed by atoms with Gasteiger partial charge in [-0.25, -0.2) is 8.42 Å². The summed E-state index contributed by atoms with van der Waals surface area (Å²) in [6.45, 7) is 8.24. The number of aliphatic hydroxyl groups excluding tert-OH is 1. The number of H-pyrrole nitrogens is 1. The summed E-state index contributed by atoms with van der Waals surface area (Å²) in [6.07, 6.45) is 5.73. The molecule has 0 saturated carbocycles. The fraction of sp³-hybridized carbons (Fsp3) is 0.643. The van der Waals surface area contributed by atoms with Crippen molar-refractivity contribution in [2.45, 2.75) is 65.0 Å². The number of unbranched alkanes of at least 4 members (excludes halogenated alkanes) is 2. The molecule has 2 aliphatic heterocycles. The van der Waals surface area contributed by atoms with E-state index >= 15 is 0 Å². The van der Waals surface area contributed by atoms with Gasteiger partial charge in [0.2, 0.25) is 5.91 Å². The number of benzene rings is 1. The summed E-state index contributed by atoms with van der Waals surface area (Å²) < 4.78 is 23.5. The van der Waals surface area contributed by atoms with Crippen LogP contribution in [0.4, 0.5) is 5.69 Å². The zero-order valence-corrected chi connectivity index (χ0v) is 23.6. The number of ketones is 1. The first kappa shape index (κ1) is 28.6. The molecule has 0 spiro atoms. The van der Waals surface area contributed by atoms with Crippen LogP contribution in [0.1, 0.15) is 62.4 Å². The van der Waals surface area contributed by atoms with Gasteiger partial charge in [0.15, 0.2) is 15.6 Å². The van der Waals surface area contributed by atoms with E-state index in [1.165, 1.54) is 0 Å². The molecule has 1 saturated heterocycles. The lowest BCUT2D eigenvalue weighted by Gasteiger charge is -2.36. The lowest BCUT2D eigenvalue weighted by atomic mass is 9.96. The highest BCUT2D eigenvalue weighted by Crippen LogP contribution is 2.36. The Kier molecular flexibility index (Phi) is 9.15. The smallest absolute Gasteiger partial charge is 0.243 e. The molecule has 0 unspecified atom stereocenters. The number of carbonyl (C=O) groups is 2. The molecule has 9 nitrogen and oxygen atoms in total. The Bertz CT molecular complexity index is 1240. The van der Waals surface area contributed by atoms with E-state index in [1.807, 2.05) is 37.1 Å². The average Bonchev–Trinajstić information content (AvgIpc) is 3.30. The molecule has 1 fully saturated rings. The molecule has 2 aliphatic rings. The maximum absolute atomic E-state index is 13.4. The second-order valence-electron chi connectivity index (χ2n) is 11.0. The summed E-state index contributed by atoms with van der Waals surface area (Å²) in [6, 6.07) is 3.03. The number of sulfone groups is 1. The minimum absolute atomic E-state index is 0.00380. The first-order chi connectivity index (χ1) is 18.1. The van der Waals surface area contributed by atoms with Gasteiger partial charge in [0.1, 0.15) is 6.04 Å². The SMILES string of the molecule is CCCCCN1c2ccc(C(=O)CCN3CCS(=O)(=O)CC3)c3[nH]cc(c23)C[C@@H](CO)NC(=O)[C@@H]1C(C)C. The lowest BCUT2D eigenvalue weighted by Crippen LogP contribution is -2.53. The van der Waals surface area contributed by atoms with Crippen molar-refractivity contribution in [3.05, 3.63) is 29.5 Å². The summed E-state index contributed by atoms with van der Waals surface area (Å²) in [5.41, 5.74) is 3.28. The molecule has 0 aliphatic carbocycles. The third kappa shape index (κ3) is 6.24. The third-order valence-corrected chi connectivity index (χ3v) is 9.48. The molecule has 0 bridgehead atoms. The van der Waals surface area contributed by atoms with Crippen molar-refractivity contribution in [3.8, 4) is 0 Å². The van der Waals surface area contributed by atoms with Crippen LogP contribution in [0, 0.1) is 5.92 Å². The predicted octanol–water partition coefficient (Wildman–Crippen LogP) is 2.53. The van der Waals surface area contributed by atoms with Gasteiger partial charge in [-0.15, -0.1) is 0 Å². The number of aromatic nitrogens is 1. The summed E-state index contributed by atoms with van der Waals surface area (Å²) in [5, 5.41) is 14.1. The molecule has 0 radical (unpaired) electrons. The fourth-order valence-electron chi connectivity index (χ4n) is 5.76. The highest BCUT2D eigenvalue weighted by molar-refractivity contribution is 7.91. The molecule has 2 aromatic rings. The second kappa shape index (κ2) is 12.2. The minimum Gasteiger partial charge on any atom is -0.394 e. The number of Topliss-reactive ketones (excluding diaryl/α,β-unsaturated/α-hetero) is 1. The molecular weight excluding hydrogens is 504 g/mol. The summed E-state index contributed by atoms with van der Waals surface area (Å²) >= 11 is 0. The van der Waals surface area contributed by atoms with Crippen LogP contribution >= 0.6 is 0 Å². The van der Waals surface area contributed by atoms with Crippen molar-refractivity contribution in [1.82, 2.24) is 15.2 Å². The van der Waals surface area contributed by atoms with E-state index in [1.54, 1.807) is 0 Å². The number of amides is 1. The van der Waals surface area contributed by atoms with E-state index in [-0.39, 0.29) is 35.7 Å². The Balaban J connectivity index is 1.70. The first-order valence-electron chi connectivity index (χ1n) is 13.9. The van der Waals surface area contributed by atoms with Crippen molar-refractivity contribution in [1.29, 1.82) is 0 Å². The van der Waals surface area contributed by atoms with Gasteiger partial charge in [0, 0.05) is 55.4 Å². The Morgan fingerprint density at radius 1 is 1.16 bits per heavy atom. The molecule has 1 aromatic carbocycles. The number of rotatable bonds is 10. The van der Waals surface area contributed by atoms with Crippen molar-refractivity contribution in [2.24, 2.45) is 5.92 Å². The van der Waals surface area contributed by atoms with Gasteiger partial charge in [-0.05, 0) is 36.5 Å². The summed E-state index contributed by atoms with van der Waals surface area (Å²) in [7, 11) is -2.96. The number of anilines is 1. The van der Waals surface area contributed by atoms with Gasteiger partial charge in [-0.2, -0.15) is 0 Å². The highest BCUT2D eigenvalue weighted by Gasteiger charge is 2.34. The van der Waals surface area contributed by atoms with Crippen molar-refractivity contribution >= 4 is 38.1 Å². The minimum atomic E-state index is -2.96. The molecule has 3 N–H and O–H groups in total. The van der Waals surface area contributed by atoms with Gasteiger partial charge >= 0.3 is 0 Å². The molecular formula is C28H42N4O5S. The quantitative estimate of drug-likeness (QED) is 0.309. The summed E-state index contributed by atoms with van der Waals surface area (Å²) in [4.78, 5) is 34.5. The molecule has 2 atom stereocenters. The maximum atomic E-state index is 13.4. The average molecular weight is 547 g/mol. The third-order valence-electron chi connectivity index (χ3n) is 7.87. The second-order valence-corrected chi connectivity index (χ2v) is 13.3. The molecule has 3 heterocycles. The summed E-state index contributed by atoms with van der Waals surface area (Å²) in [5.74, 6) is 0.250. The molecule has 10 heteroatoms. The van der Waals surface area contributed by atoms with E-state index in [0.717, 1.165) is 48.0 Å². The molecule has 38 heavy (non-hydrogen) atoms. The van der Waals surface area contributed by atoms with E-state index in [2.05, 4.69) is 22.1 Å². The van der Waals surface area contributed by atoms with Crippen molar-refractivity contribution in [2.75, 3.05) is 49.2 Å².